The van der Waals surface area contributed by atoms with Crippen LogP contribution >= 0.6 is 0 Å². The second-order valence-corrected chi connectivity index (χ2v) is 4.95. The number of nitrogens with one attached hydrogen (secondary N) is 1. The number of benzene rings is 1. The van der Waals surface area contributed by atoms with E-state index >= 15 is 0 Å². The maximum atomic E-state index is 13.3. The van der Waals surface area contributed by atoms with Crippen LogP contribution in [0.4, 0.5) is 4.39 Å². The van der Waals surface area contributed by atoms with Gasteiger partial charge in [0.25, 0.3) is 0 Å². The van der Waals surface area contributed by atoms with Crippen LogP contribution in [0, 0.1) is 12.7 Å². The highest BCUT2D eigenvalue weighted by atomic mass is 19.1. The molecule has 1 atom stereocenters. The summed E-state index contributed by atoms with van der Waals surface area (Å²) in [6.07, 6.45) is 0. The average molecular weight is 282 g/mol. The second kappa shape index (κ2) is 7.97. The number of esters is 1. The standard InChI is InChI=1S/C15H23FN2O2/c1-5-20-15(19)14(17-8-9-18(3)4)12-6-7-13(16)11(2)10-12/h6-7,10,14,17H,5,8-9H2,1-4H3. The predicted octanol–water partition coefficient (Wildman–Crippen LogP) is 1.89. The van der Waals surface area contributed by atoms with E-state index < -0.39 is 6.04 Å². The van der Waals surface area contributed by atoms with Crippen molar-refractivity contribution in [1.29, 1.82) is 0 Å². The van der Waals surface area contributed by atoms with Crippen molar-refractivity contribution in [2.24, 2.45) is 0 Å². The maximum absolute atomic E-state index is 13.3. The molecule has 0 aliphatic rings. The largest absolute Gasteiger partial charge is 0.465 e. The summed E-state index contributed by atoms with van der Waals surface area (Å²) in [7, 11) is 3.92. The Morgan fingerprint density at radius 3 is 2.70 bits per heavy atom. The Morgan fingerprint density at radius 1 is 1.45 bits per heavy atom. The fourth-order valence-corrected chi connectivity index (χ4v) is 1.84. The zero-order valence-electron chi connectivity index (χ0n) is 12.6. The first kappa shape index (κ1) is 16.6. The number of nitrogens with zero attached hydrogens (tertiary/aromatic N) is 1. The minimum absolute atomic E-state index is 0.273. The fraction of sp³-hybridized carbons (Fsp3) is 0.533. The molecule has 0 heterocycles. The van der Waals surface area contributed by atoms with E-state index in [1.807, 2.05) is 19.0 Å². The quantitative estimate of drug-likeness (QED) is 0.776. The van der Waals surface area contributed by atoms with Crippen molar-refractivity contribution in [2.45, 2.75) is 19.9 Å². The van der Waals surface area contributed by atoms with Crippen LogP contribution in [0.5, 0.6) is 0 Å². The molecular weight excluding hydrogens is 259 g/mol. The van der Waals surface area contributed by atoms with Gasteiger partial charge in [-0.25, -0.2) is 9.18 Å². The Labute approximate surface area is 119 Å². The lowest BCUT2D eigenvalue weighted by atomic mass is 10.0. The number of rotatable bonds is 7. The van der Waals surface area contributed by atoms with Crippen LogP contribution in [-0.2, 0) is 9.53 Å². The van der Waals surface area contributed by atoms with Crippen LogP contribution in [0.15, 0.2) is 18.2 Å². The molecule has 0 aliphatic heterocycles. The Morgan fingerprint density at radius 2 is 2.15 bits per heavy atom. The number of halogens is 1. The van der Waals surface area contributed by atoms with Gasteiger partial charge in [0.1, 0.15) is 11.9 Å². The third-order valence-corrected chi connectivity index (χ3v) is 2.95. The van der Waals surface area contributed by atoms with E-state index in [4.69, 9.17) is 4.74 Å². The maximum Gasteiger partial charge on any atom is 0.327 e. The molecule has 4 nitrogen and oxygen atoms in total. The van der Waals surface area contributed by atoms with Crippen molar-refractivity contribution < 1.29 is 13.9 Å². The monoisotopic (exact) mass is 282 g/mol. The van der Waals surface area contributed by atoms with Gasteiger partial charge in [-0.05, 0) is 45.1 Å². The lowest BCUT2D eigenvalue weighted by Gasteiger charge is -2.19. The second-order valence-electron chi connectivity index (χ2n) is 4.95. The Hall–Kier alpha value is -1.46. The molecule has 0 aromatic heterocycles. The number of aryl methyl sites for hydroxylation is 1. The summed E-state index contributed by atoms with van der Waals surface area (Å²) in [4.78, 5) is 14.0. The van der Waals surface area contributed by atoms with Crippen LogP contribution in [0.1, 0.15) is 24.1 Å². The van der Waals surface area contributed by atoms with Gasteiger partial charge in [0.05, 0.1) is 6.61 Å². The van der Waals surface area contributed by atoms with Crippen LogP contribution < -0.4 is 5.32 Å². The molecule has 0 saturated heterocycles. The molecule has 1 aromatic rings. The summed E-state index contributed by atoms with van der Waals surface area (Å²) < 4.78 is 18.4. The first-order valence-corrected chi connectivity index (χ1v) is 6.76. The molecule has 0 amide bonds. The Balaban J connectivity index is 2.85. The van der Waals surface area contributed by atoms with Crippen LogP contribution in [0.25, 0.3) is 0 Å². The van der Waals surface area contributed by atoms with Crippen molar-refractivity contribution >= 4 is 5.97 Å². The zero-order valence-corrected chi connectivity index (χ0v) is 12.6. The van der Waals surface area contributed by atoms with E-state index in [9.17, 15) is 9.18 Å². The van der Waals surface area contributed by atoms with E-state index in [1.165, 1.54) is 6.07 Å². The molecule has 1 aromatic carbocycles. The van der Waals surface area contributed by atoms with Crippen LogP contribution in [0.3, 0.4) is 0 Å². The summed E-state index contributed by atoms with van der Waals surface area (Å²) in [5, 5.41) is 3.16. The van der Waals surface area contributed by atoms with Gasteiger partial charge in [-0.3, -0.25) is 5.32 Å². The van der Waals surface area contributed by atoms with Gasteiger partial charge in [0.15, 0.2) is 0 Å². The van der Waals surface area contributed by atoms with Gasteiger partial charge in [-0.15, -0.1) is 0 Å². The minimum atomic E-state index is -0.561. The Bertz CT molecular complexity index is 449. The van der Waals surface area contributed by atoms with E-state index in [0.717, 1.165) is 12.1 Å². The topological polar surface area (TPSA) is 41.6 Å². The molecular formula is C15H23FN2O2. The van der Waals surface area contributed by atoms with Crippen molar-refractivity contribution in [3.63, 3.8) is 0 Å². The highest BCUT2D eigenvalue weighted by Gasteiger charge is 2.21. The Kier molecular flexibility index (Phi) is 6.61. The highest BCUT2D eigenvalue weighted by Crippen LogP contribution is 2.18. The van der Waals surface area contributed by atoms with Crippen molar-refractivity contribution in [1.82, 2.24) is 10.2 Å². The normalized spacial score (nSPS) is 12.5. The van der Waals surface area contributed by atoms with Gasteiger partial charge >= 0.3 is 5.97 Å². The molecule has 0 bridgehead atoms. The third-order valence-electron chi connectivity index (χ3n) is 2.95. The number of carbonyl (C=O) groups excluding carboxylic acids is 1. The number of carbonyl (C=O) groups is 1. The van der Waals surface area contributed by atoms with Gasteiger partial charge in [-0.1, -0.05) is 12.1 Å². The van der Waals surface area contributed by atoms with Crippen molar-refractivity contribution in [2.75, 3.05) is 33.8 Å². The molecule has 0 fully saturated rings. The molecule has 0 spiro atoms. The molecule has 20 heavy (non-hydrogen) atoms. The highest BCUT2D eigenvalue weighted by molar-refractivity contribution is 5.77. The van der Waals surface area contributed by atoms with Crippen molar-refractivity contribution in [3.05, 3.63) is 35.1 Å². The number of likely N-dealkylation sites (N-methyl/N-ethyl adjacent to an activating group) is 1. The van der Waals surface area contributed by atoms with E-state index in [0.29, 0.717) is 18.7 Å². The average Bonchev–Trinajstić information content (AvgIpc) is 2.38. The fourth-order valence-electron chi connectivity index (χ4n) is 1.84. The molecule has 112 valence electrons. The van der Waals surface area contributed by atoms with E-state index in [2.05, 4.69) is 5.32 Å². The molecule has 5 heteroatoms. The lowest BCUT2D eigenvalue weighted by Crippen LogP contribution is -2.35. The number of hydrogen-bond donors (Lipinski definition) is 1. The lowest BCUT2D eigenvalue weighted by molar-refractivity contribution is -0.145. The third kappa shape index (κ3) is 4.90. The summed E-state index contributed by atoms with van der Waals surface area (Å²) in [5.74, 6) is -0.609. The van der Waals surface area contributed by atoms with Crippen LogP contribution in [-0.4, -0.2) is 44.7 Å². The van der Waals surface area contributed by atoms with Crippen molar-refractivity contribution in [3.8, 4) is 0 Å². The smallest absolute Gasteiger partial charge is 0.327 e. The SMILES string of the molecule is CCOC(=O)C(NCCN(C)C)c1ccc(F)c(C)c1. The first-order chi connectivity index (χ1) is 9.45. The summed E-state index contributed by atoms with van der Waals surface area (Å²) in [5.41, 5.74) is 1.24. The summed E-state index contributed by atoms with van der Waals surface area (Å²) in [6.45, 7) is 5.22. The zero-order chi connectivity index (χ0) is 15.1. The first-order valence-electron chi connectivity index (χ1n) is 6.76. The van der Waals surface area contributed by atoms with Gasteiger partial charge in [0, 0.05) is 13.1 Å². The molecule has 0 radical (unpaired) electrons. The summed E-state index contributed by atoms with van der Waals surface area (Å²) >= 11 is 0. The number of ether oxygens (including phenoxy) is 1. The minimum Gasteiger partial charge on any atom is -0.465 e. The predicted molar refractivity (Wildman–Crippen MR) is 77.1 cm³/mol. The molecule has 1 N–H and O–H groups in total. The molecule has 0 saturated carbocycles. The van der Waals surface area contributed by atoms with Gasteiger partial charge in [-0.2, -0.15) is 0 Å². The van der Waals surface area contributed by atoms with Crippen LogP contribution in [0.2, 0.25) is 0 Å². The molecule has 1 unspecified atom stereocenters. The number of hydrogen-bond acceptors (Lipinski definition) is 4. The van der Waals surface area contributed by atoms with E-state index in [1.54, 1.807) is 26.0 Å². The van der Waals surface area contributed by atoms with Gasteiger partial charge < -0.3 is 9.64 Å². The molecule has 1 rings (SSSR count). The van der Waals surface area contributed by atoms with E-state index in [-0.39, 0.29) is 11.8 Å². The summed E-state index contributed by atoms with van der Waals surface area (Å²) in [6, 6.07) is 4.12. The molecule has 0 aliphatic carbocycles. The van der Waals surface area contributed by atoms with Gasteiger partial charge in [0.2, 0.25) is 0 Å².